The summed E-state index contributed by atoms with van der Waals surface area (Å²) >= 11 is 1.56. The largest absolute Gasteiger partial charge is 0.497 e. The number of nitrogens with one attached hydrogen (secondary N) is 1. The van der Waals surface area contributed by atoms with Crippen molar-refractivity contribution < 1.29 is 19.1 Å². The molecule has 34 heavy (non-hydrogen) atoms. The Balaban J connectivity index is 1.61. The van der Waals surface area contributed by atoms with Crippen LogP contribution in [0.3, 0.4) is 0 Å². The van der Waals surface area contributed by atoms with Crippen LogP contribution in [0.5, 0.6) is 11.5 Å². The normalized spacial score (nSPS) is 17.5. The van der Waals surface area contributed by atoms with Crippen LogP contribution < -0.4 is 19.7 Å². The van der Waals surface area contributed by atoms with Crippen LogP contribution in [0.1, 0.15) is 23.0 Å². The maximum Gasteiger partial charge on any atom is 0.275 e. The highest BCUT2D eigenvalue weighted by Crippen LogP contribution is 2.39. The SMILES string of the molecule is COc1cc(OC)cc(N2C(=O)c3cc4ccsc4n3C[C@@]2(C)C(=O)NCc2ccccc2)c1. The number of benzene rings is 2. The van der Waals surface area contributed by atoms with Gasteiger partial charge in [0.1, 0.15) is 27.6 Å². The third-order valence-corrected chi connectivity index (χ3v) is 7.22. The van der Waals surface area contributed by atoms with Gasteiger partial charge in [0.25, 0.3) is 5.91 Å². The molecule has 4 aromatic rings. The van der Waals surface area contributed by atoms with Crippen molar-refractivity contribution in [2.45, 2.75) is 25.6 Å². The van der Waals surface area contributed by atoms with E-state index in [2.05, 4.69) is 5.32 Å². The second kappa shape index (κ2) is 8.53. The molecule has 0 aliphatic carbocycles. The number of anilines is 1. The summed E-state index contributed by atoms with van der Waals surface area (Å²) in [5.74, 6) is 0.588. The number of thiophene rings is 1. The number of aromatic nitrogens is 1. The number of nitrogens with zero attached hydrogens (tertiary/aromatic N) is 2. The quantitative estimate of drug-likeness (QED) is 0.447. The summed E-state index contributed by atoms with van der Waals surface area (Å²) in [5.41, 5.74) is 0.886. The Morgan fingerprint density at radius 2 is 1.76 bits per heavy atom. The number of hydrogen-bond acceptors (Lipinski definition) is 5. The fourth-order valence-corrected chi connectivity index (χ4v) is 5.39. The lowest BCUT2D eigenvalue weighted by Gasteiger charge is -2.44. The second-order valence-electron chi connectivity index (χ2n) is 8.45. The molecule has 1 aliphatic heterocycles. The van der Waals surface area contributed by atoms with E-state index in [0.717, 1.165) is 15.8 Å². The Labute approximate surface area is 201 Å². The summed E-state index contributed by atoms with van der Waals surface area (Å²) in [6.07, 6.45) is 0. The summed E-state index contributed by atoms with van der Waals surface area (Å²) < 4.78 is 12.8. The first kappa shape index (κ1) is 22.0. The molecule has 7 nitrogen and oxygen atoms in total. The molecule has 0 radical (unpaired) electrons. The van der Waals surface area contributed by atoms with Crippen molar-refractivity contribution in [2.75, 3.05) is 19.1 Å². The summed E-state index contributed by atoms with van der Waals surface area (Å²) in [5, 5.41) is 6.03. The van der Waals surface area contributed by atoms with Crippen LogP contribution in [-0.4, -0.2) is 36.1 Å². The molecule has 2 aromatic heterocycles. The zero-order valence-electron chi connectivity index (χ0n) is 19.2. The van der Waals surface area contributed by atoms with Crippen LogP contribution in [0.2, 0.25) is 0 Å². The van der Waals surface area contributed by atoms with Crippen LogP contribution in [-0.2, 0) is 17.9 Å². The maximum atomic E-state index is 13.9. The van der Waals surface area contributed by atoms with E-state index in [9.17, 15) is 9.59 Å². The van der Waals surface area contributed by atoms with E-state index in [1.54, 1.807) is 55.6 Å². The predicted octanol–water partition coefficient (Wildman–Crippen LogP) is 4.46. The molecule has 0 bridgehead atoms. The van der Waals surface area contributed by atoms with E-state index in [0.29, 0.717) is 36.0 Å². The molecule has 1 atom stereocenters. The highest BCUT2D eigenvalue weighted by molar-refractivity contribution is 7.16. The molecule has 2 amide bonds. The number of rotatable bonds is 6. The predicted molar refractivity (Wildman–Crippen MR) is 133 cm³/mol. The number of fused-ring (bicyclic) bond motifs is 3. The number of amides is 2. The lowest BCUT2D eigenvalue weighted by atomic mass is 9.93. The lowest BCUT2D eigenvalue weighted by Crippen LogP contribution is -2.64. The molecule has 0 fully saturated rings. The van der Waals surface area contributed by atoms with Gasteiger partial charge in [-0.3, -0.25) is 14.5 Å². The zero-order chi connectivity index (χ0) is 23.9. The minimum atomic E-state index is -1.19. The van der Waals surface area contributed by atoms with Crippen LogP contribution in [0.4, 0.5) is 5.69 Å². The first-order valence-electron chi connectivity index (χ1n) is 10.9. The number of ether oxygens (including phenoxy) is 2. The highest BCUT2D eigenvalue weighted by atomic mass is 32.1. The molecule has 174 valence electrons. The van der Waals surface area contributed by atoms with Crippen molar-refractivity contribution in [2.24, 2.45) is 0 Å². The molecule has 0 saturated carbocycles. The maximum absolute atomic E-state index is 13.9. The number of carbonyl (C=O) groups is 2. The molecule has 1 N–H and O–H groups in total. The van der Waals surface area contributed by atoms with Gasteiger partial charge in [-0.15, -0.1) is 11.3 Å². The van der Waals surface area contributed by atoms with Gasteiger partial charge in [0, 0.05) is 30.1 Å². The van der Waals surface area contributed by atoms with Crippen molar-refractivity contribution in [1.29, 1.82) is 0 Å². The molecule has 0 spiro atoms. The fraction of sp³-hybridized carbons (Fsp3) is 0.231. The zero-order valence-corrected chi connectivity index (χ0v) is 20.0. The Morgan fingerprint density at radius 1 is 1.06 bits per heavy atom. The smallest absolute Gasteiger partial charge is 0.275 e. The van der Waals surface area contributed by atoms with Crippen LogP contribution in [0.25, 0.3) is 10.2 Å². The van der Waals surface area contributed by atoms with Gasteiger partial charge in [-0.2, -0.15) is 0 Å². The van der Waals surface area contributed by atoms with Gasteiger partial charge >= 0.3 is 0 Å². The topological polar surface area (TPSA) is 72.8 Å². The van der Waals surface area contributed by atoms with Crippen molar-refractivity contribution in [3.05, 3.63) is 77.3 Å². The number of hydrogen-bond donors (Lipinski definition) is 1. The third-order valence-electron chi connectivity index (χ3n) is 6.26. The average Bonchev–Trinajstić information content (AvgIpc) is 3.45. The Hall–Kier alpha value is -3.78. The molecule has 2 aromatic carbocycles. The number of methoxy groups -OCH3 is 2. The first-order chi connectivity index (χ1) is 16.4. The Morgan fingerprint density at radius 3 is 2.44 bits per heavy atom. The van der Waals surface area contributed by atoms with E-state index >= 15 is 0 Å². The van der Waals surface area contributed by atoms with Crippen molar-refractivity contribution in [1.82, 2.24) is 9.88 Å². The summed E-state index contributed by atoms with van der Waals surface area (Å²) in [4.78, 5) is 30.2. The molecule has 8 heteroatoms. The molecule has 0 saturated heterocycles. The first-order valence-corrected chi connectivity index (χ1v) is 11.8. The molecule has 5 rings (SSSR count). The fourth-order valence-electron chi connectivity index (χ4n) is 4.49. The van der Waals surface area contributed by atoms with Crippen LogP contribution in [0, 0.1) is 0 Å². The standard InChI is InChI=1S/C26H25N3O4S/c1-26(25(31)27-15-17-7-5-4-6-8-17)16-28-22(11-18-9-10-34-24(18)28)23(30)29(26)19-12-20(32-2)14-21(13-19)33-3/h4-14H,15-16H2,1-3H3,(H,27,31)/t26-/m0/s1. The molecule has 0 unspecified atom stereocenters. The molecular weight excluding hydrogens is 450 g/mol. The molecule has 3 heterocycles. The number of carbonyl (C=O) groups excluding carboxylic acids is 2. The summed E-state index contributed by atoms with van der Waals surface area (Å²) in [6.45, 7) is 2.49. The van der Waals surface area contributed by atoms with E-state index < -0.39 is 5.54 Å². The average molecular weight is 476 g/mol. The van der Waals surface area contributed by atoms with E-state index in [4.69, 9.17) is 9.47 Å². The van der Waals surface area contributed by atoms with E-state index in [1.165, 1.54) is 0 Å². The summed E-state index contributed by atoms with van der Waals surface area (Å²) in [6, 6.07) is 18.8. The molecule has 1 aliphatic rings. The van der Waals surface area contributed by atoms with Gasteiger partial charge in [0.15, 0.2) is 0 Å². The molecular formula is C26H25N3O4S. The van der Waals surface area contributed by atoms with Crippen molar-refractivity contribution in [3.63, 3.8) is 0 Å². The summed E-state index contributed by atoms with van der Waals surface area (Å²) in [7, 11) is 3.11. The van der Waals surface area contributed by atoms with Crippen LogP contribution in [0.15, 0.2) is 66.0 Å². The minimum Gasteiger partial charge on any atom is -0.497 e. The monoisotopic (exact) mass is 475 g/mol. The lowest BCUT2D eigenvalue weighted by molar-refractivity contribution is -0.126. The van der Waals surface area contributed by atoms with Crippen LogP contribution >= 0.6 is 11.3 Å². The van der Waals surface area contributed by atoms with Gasteiger partial charge in [-0.25, -0.2) is 0 Å². The second-order valence-corrected chi connectivity index (χ2v) is 9.34. The van der Waals surface area contributed by atoms with E-state index in [1.807, 2.05) is 52.4 Å². The van der Waals surface area contributed by atoms with Gasteiger partial charge in [-0.05, 0) is 30.0 Å². The van der Waals surface area contributed by atoms with Gasteiger partial charge in [-0.1, -0.05) is 30.3 Å². The van der Waals surface area contributed by atoms with Crippen molar-refractivity contribution >= 4 is 39.1 Å². The van der Waals surface area contributed by atoms with E-state index in [-0.39, 0.29) is 11.8 Å². The minimum absolute atomic E-state index is 0.240. The van der Waals surface area contributed by atoms with Gasteiger partial charge in [0.2, 0.25) is 5.91 Å². The Kier molecular flexibility index (Phi) is 5.53. The Bertz CT molecular complexity index is 1360. The van der Waals surface area contributed by atoms with Gasteiger partial charge in [0.05, 0.1) is 26.5 Å². The third kappa shape index (κ3) is 3.60. The van der Waals surface area contributed by atoms with Gasteiger partial charge < -0.3 is 19.4 Å². The highest BCUT2D eigenvalue weighted by Gasteiger charge is 2.49. The van der Waals surface area contributed by atoms with Crippen molar-refractivity contribution in [3.8, 4) is 11.5 Å².